The highest BCUT2D eigenvalue weighted by molar-refractivity contribution is 9.10. The molecule has 3 heterocycles. The average molecular weight is 308 g/mol. The summed E-state index contributed by atoms with van der Waals surface area (Å²) in [6, 6.07) is 4.24. The molecule has 0 aliphatic carbocycles. The molecule has 0 spiro atoms. The molecule has 0 bridgehead atoms. The maximum Gasteiger partial charge on any atom is 0.132 e. The smallest absolute Gasteiger partial charge is 0.132 e. The molecular weight excluding hydrogens is 290 g/mol. The van der Waals surface area contributed by atoms with Crippen molar-refractivity contribution in [1.29, 1.82) is 0 Å². The van der Waals surface area contributed by atoms with Crippen LogP contribution in [0.5, 0.6) is 0 Å². The molecule has 2 aromatic rings. The van der Waals surface area contributed by atoms with E-state index in [4.69, 9.17) is 4.98 Å². The van der Waals surface area contributed by atoms with Gasteiger partial charge in [0, 0.05) is 18.7 Å². The molecule has 0 radical (unpaired) electrons. The summed E-state index contributed by atoms with van der Waals surface area (Å²) in [6.07, 6.45) is 5.92. The van der Waals surface area contributed by atoms with Gasteiger partial charge in [-0.05, 0) is 53.9 Å². The van der Waals surface area contributed by atoms with Crippen LogP contribution in [0.2, 0.25) is 0 Å². The van der Waals surface area contributed by atoms with Crippen molar-refractivity contribution in [3.05, 3.63) is 34.3 Å². The summed E-state index contributed by atoms with van der Waals surface area (Å²) in [4.78, 5) is 4.76. The molecule has 1 unspecified atom stereocenters. The van der Waals surface area contributed by atoms with Crippen molar-refractivity contribution in [3.63, 3.8) is 0 Å². The van der Waals surface area contributed by atoms with Gasteiger partial charge < -0.3 is 9.72 Å². The minimum absolute atomic E-state index is 0.521. The molecule has 1 atom stereocenters. The van der Waals surface area contributed by atoms with Gasteiger partial charge in [-0.1, -0.05) is 12.5 Å². The number of hydrogen-bond donors (Lipinski definition) is 1. The van der Waals surface area contributed by atoms with Gasteiger partial charge in [0.05, 0.1) is 5.52 Å². The number of aromatic nitrogens is 2. The van der Waals surface area contributed by atoms with E-state index >= 15 is 0 Å². The second kappa shape index (κ2) is 5.02. The number of pyridine rings is 1. The topological polar surface area (TPSA) is 29.3 Å². The molecule has 1 saturated heterocycles. The third-order valence-electron chi connectivity index (χ3n) is 3.76. The molecule has 0 amide bonds. The van der Waals surface area contributed by atoms with Crippen LogP contribution in [0.1, 0.15) is 36.6 Å². The third-order valence-corrected chi connectivity index (χ3v) is 4.32. The molecule has 4 heteroatoms. The van der Waals surface area contributed by atoms with Crippen LogP contribution < -0.4 is 5.32 Å². The highest BCUT2D eigenvalue weighted by Gasteiger charge is 2.20. The van der Waals surface area contributed by atoms with Crippen molar-refractivity contribution in [2.75, 3.05) is 13.1 Å². The summed E-state index contributed by atoms with van der Waals surface area (Å²) in [6.45, 7) is 4.32. The summed E-state index contributed by atoms with van der Waals surface area (Å²) in [5.74, 6) is 1.71. The van der Waals surface area contributed by atoms with Gasteiger partial charge in [-0.3, -0.25) is 0 Å². The maximum absolute atomic E-state index is 4.76. The molecule has 3 nitrogen and oxygen atoms in total. The molecule has 1 N–H and O–H groups in total. The molecule has 0 saturated carbocycles. The van der Waals surface area contributed by atoms with E-state index in [0.29, 0.717) is 5.92 Å². The number of hydrogen-bond acceptors (Lipinski definition) is 2. The summed E-state index contributed by atoms with van der Waals surface area (Å²) in [5, 5.41) is 3.52. The summed E-state index contributed by atoms with van der Waals surface area (Å²) in [5.41, 5.74) is 2.47. The van der Waals surface area contributed by atoms with Crippen LogP contribution in [-0.4, -0.2) is 22.5 Å². The van der Waals surface area contributed by atoms with E-state index in [1.807, 2.05) is 0 Å². The van der Waals surface area contributed by atoms with Crippen molar-refractivity contribution in [1.82, 2.24) is 14.7 Å². The fraction of sp³-hybridized carbons (Fsp3) is 0.500. The molecule has 1 aliphatic rings. The molecule has 18 heavy (non-hydrogen) atoms. The van der Waals surface area contributed by atoms with E-state index in [1.54, 1.807) is 0 Å². The summed E-state index contributed by atoms with van der Waals surface area (Å²) >= 11 is 3.60. The Kier molecular flexibility index (Phi) is 3.39. The average Bonchev–Trinajstić information content (AvgIpc) is 2.56. The number of nitrogens with one attached hydrogen (secondary N) is 1. The van der Waals surface area contributed by atoms with Gasteiger partial charge in [0.1, 0.15) is 10.4 Å². The van der Waals surface area contributed by atoms with E-state index < -0.39 is 0 Å². The second-order valence-electron chi connectivity index (χ2n) is 5.07. The number of nitrogens with zero attached hydrogens (tertiary/aromatic N) is 2. The Labute approximate surface area is 116 Å². The Hall–Kier alpha value is -0.870. The Morgan fingerprint density at radius 1 is 1.44 bits per heavy atom. The van der Waals surface area contributed by atoms with Gasteiger partial charge in [-0.15, -0.1) is 0 Å². The highest BCUT2D eigenvalue weighted by Crippen LogP contribution is 2.29. The van der Waals surface area contributed by atoms with E-state index in [2.05, 4.69) is 50.9 Å². The van der Waals surface area contributed by atoms with Gasteiger partial charge >= 0.3 is 0 Å². The lowest BCUT2D eigenvalue weighted by Gasteiger charge is -2.13. The SMILES string of the molecule is Cc1cccn2c(C3CCCCNC3)nc(Br)c12. The molecule has 1 aliphatic heterocycles. The first-order valence-electron chi connectivity index (χ1n) is 6.61. The van der Waals surface area contributed by atoms with Crippen LogP contribution in [0.25, 0.3) is 5.52 Å². The lowest BCUT2D eigenvalue weighted by atomic mass is 10.0. The molecular formula is C14H18BrN3. The lowest BCUT2D eigenvalue weighted by Crippen LogP contribution is -2.20. The first-order chi connectivity index (χ1) is 8.77. The normalized spacial score (nSPS) is 21.1. The minimum Gasteiger partial charge on any atom is -0.316 e. The minimum atomic E-state index is 0.521. The predicted molar refractivity (Wildman–Crippen MR) is 77.1 cm³/mol. The van der Waals surface area contributed by atoms with Gasteiger partial charge in [0.25, 0.3) is 0 Å². The number of rotatable bonds is 1. The number of halogens is 1. The molecule has 2 aromatic heterocycles. The lowest BCUT2D eigenvalue weighted by molar-refractivity contribution is 0.575. The van der Waals surface area contributed by atoms with Gasteiger partial charge in [0.2, 0.25) is 0 Å². The monoisotopic (exact) mass is 307 g/mol. The van der Waals surface area contributed by atoms with Crippen LogP contribution in [0.15, 0.2) is 22.9 Å². The van der Waals surface area contributed by atoms with E-state index in [9.17, 15) is 0 Å². The van der Waals surface area contributed by atoms with Crippen molar-refractivity contribution in [2.24, 2.45) is 0 Å². The van der Waals surface area contributed by atoms with Crippen molar-refractivity contribution < 1.29 is 0 Å². The first-order valence-corrected chi connectivity index (χ1v) is 7.40. The standard InChI is InChI=1S/C14H18BrN3/c1-10-5-4-8-18-12(10)13(15)17-14(18)11-6-2-3-7-16-9-11/h4-5,8,11,16H,2-3,6-7,9H2,1H3. The third kappa shape index (κ3) is 2.08. The van der Waals surface area contributed by atoms with Crippen molar-refractivity contribution >= 4 is 21.4 Å². The largest absolute Gasteiger partial charge is 0.316 e. The quantitative estimate of drug-likeness (QED) is 0.876. The first kappa shape index (κ1) is 12.2. The van der Waals surface area contributed by atoms with E-state index in [-0.39, 0.29) is 0 Å². The fourth-order valence-corrected chi connectivity index (χ4v) is 3.49. The molecule has 3 rings (SSSR count). The van der Waals surface area contributed by atoms with Crippen LogP contribution in [0.4, 0.5) is 0 Å². The zero-order chi connectivity index (χ0) is 12.5. The summed E-state index contributed by atoms with van der Waals surface area (Å²) in [7, 11) is 0. The molecule has 1 fully saturated rings. The van der Waals surface area contributed by atoms with Gasteiger partial charge in [0.15, 0.2) is 0 Å². The Balaban J connectivity index is 2.08. The van der Waals surface area contributed by atoms with Crippen LogP contribution >= 0.6 is 15.9 Å². The number of aryl methyl sites for hydroxylation is 1. The van der Waals surface area contributed by atoms with Crippen molar-refractivity contribution in [3.8, 4) is 0 Å². The fourth-order valence-electron chi connectivity index (χ4n) is 2.80. The Morgan fingerprint density at radius 3 is 3.22 bits per heavy atom. The van der Waals surface area contributed by atoms with Crippen LogP contribution in [-0.2, 0) is 0 Å². The molecule has 96 valence electrons. The predicted octanol–water partition coefficient (Wildman–Crippen LogP) is 3.26. The molecule has 0 aromatic carbocycles. The number of imidazole rings is 1. The summed E-state index contributed by atoms with van der Waals surface area (Å²) < 4.78 is 3.22. The van der Waals surface area contributed by atoms with Crippen molar-refractivity contribution in [2.45, 2.75) is 32.1 Å². The highest BCUT2D eigenvalue weighted by atomic mass is 79.9. The van der Waals surface area contributed by atoms with E-state index in [1.165, 1.54) is 36.2 Å². The number of fused-ring (bicyclic) bond motifs is 1. The van der Waals surface area contributed by atoms with E-state index in [0.717, 1.165) is 17.7 Å². The van der Waals surface area contributed by atoms with Gasteiger partial charge in [-0.25, -0.2) is 4.98 Å². The zero-order valence-electron chi connectivity index (χ0n) is 10.6. The van der Waals surface area contributed by atoms with Crippen LogP contribution in [0.3, 0.4) is 0 Å². The van der Waals surface area contributed by atoms with Crippen LogP contribution in [0, 0.1) is 6.92 Å². The van der Waals surface area contributed by atoms with Gasteiger partial charge in [-0.2, -0.15) is 0 Å². The maximum atomic E-state index is 4.76. The second-order valence-corrected chi connectivity index (χ2v) is 5.82. The zero-order valence-corrected chi connectivity index (χ0v) is 12.2. The Bertz CT molecular complexity index is 553. The Morgan fingerprint density at radius 2 is 2.33 bits per heavy atom.